The molecule has 1 fully saturated rings. The molecule has 1 saturated heterocycles. The first-order valence-corrected chi connectivity index (χ1v) is 8.56. The lowest BCUT2D eigenvalue weighted by atomic mass is 10.3. The molecule has 1 aliphatic heterocycles. The van der Waals surface area contributed by atoms with E-state index in [-0.39, 0.29) is 0 Å². The number of rotatable bonds is 8. The van der Waals surface area contributed by atoms with Gasteiger partial charge in [0.15, 0.2) is 17.3 Å². The number of nitrogens with zero attached hydrogens (tertiary/aromatic N) is 3. The zero-order valence-corrected chi connectivity index (χ0v) is 15.1. The zero-order chi connectivity index (χ0) is 18.2. The number of anilines is 1. The van der Waals surface area contributed by atoms with E-state index >= 15 is 0 Å². The lowest BCUT2D eigenvalue weighted by Crippen LogP contribution is -2.44. The van der Waals surface area contributed by atoms with E-state index in [4.69, 9.17) is 18.9 Å². The minimum absolute atomic E-state index is 0.328. The molecule has 0 aliphatic carbocycles. The highest BCUT2D eigenvalue weighted by atomic mass is 16.6. The van der Waals surface area contributed by atoms with Crippen LogP contribution in [-0.2, 0) is 0 Å². The van der Waals surface area contributed by atoms with Crippen LogP contribution in [0.1, 0.15) is 0 Å². The molecule has 3 rings (SSSR count). The summed E-state index contributed by atoms with van der Waals surface area (Å²) >= 11 is 0. The molecule has 8 nitrogen and oxygen atoms in total. The van der Waals surface area contributed by atoms with Crippen LogP contribution in [0.4, 0.5) is 5.82 Å². The summed E-state index contributed by atoms with van der Waals surface area (Å²) in [6.45, 7) is 4.26. The van der Waals surface area contributed by atoms with E-state index in [9.17, 15) is 0 Å². The molecule has 1 aromatic carbocycles. The summed E-state index contributed by atoms with van der Waals surface area (Å²) in [6, 6.07) is 5.49. The molecule has 140 valence electrons. The van der Waals surface area contributed by atoms with E-state index in [0.29, 0.717) is 36.3 Å². The van der Waals surface area contributed by atoms with Crippen LogP contribution in [0.3, 0.4) is 0 Å². The Bertz CT molecular complexity index is 685. The van der Waals surface area contributed by atoms with Gasteiger partial charge in [0.05, 0.1) is 14.2 Å². The number of para-hydroxylation sites is 1. The molecule has 0 radical (unpaired) electrons. The van der Waals surface area contributed by atoms with Gasteiger partial charge in [0.25, 0.3) is 5.88 Å². The molecule has 26 heavy (non-hydrogen) atoms. The molecule has 0 spiro atoms. The van der Waals surface area contributed by atoms with Crippen LogP contribution in [-0.4, -0.2) is 63.6 Å². The Morgan fingerprint density at radius 2 is 1.62 bits per heavy atom. The van der Waals surface area contributed by atoms with Gasteiger partial charge < -0.3 is 29.2 Å². The third-order valence-electron chi connectivity index (χ3n) is 4.01. The van der Waals surface area contributed by atoms with Crippen molar-refractivity contribution in [2.24, 2.45) is 0 Å². The van der Waals surface area contributed by atoms with Crippen molar-refractivity contribution < 1.29 is 18.9 Å². The maximum Gasteiger partial charge on any atom is 0.257 e. The third kappa shape index (κ3) is 4.26. The number of benzene rings is 1. The minimum Gasteiger partial charge on any atom is -0.493 e. The fourth-order valence-corrected chi connectivity index (χ4v) is 2.75. The van der Waals surface area contributed by atoms with Gasteiger partial charge in [0, 0.05) is 38.6 Å². The molecule has 8 heteroatoms. The molecule has 1 N–H and O–H groups in total. The van der Waals surface area contributed by atoms with Crippen molar-refractivity contribution in [2.45, 2.75) is 0 Å². The van der Waals surface area contributed by atoms with Crippen molar-refractivity contribution in [2.75, 3.05) is 58.5 Å². The fourth-order valence-electron chi connectivity index (χ4n) is 2.75. The number of aromatic nitrogens is 2. The average molecular weight is 360 g/mol. The highest BCUT2D eigenvalue weighted by molar-refractivity contribution is 5.51. The molecule has 2 heterocycles. The number of hydrogen-bond donors (Lipinski definition) is 1. The van der Waals surface area contributed by atoms with Crippen LogP contribution >= 0.6 is 0 Å². The molecule has 0 saturated carbocycles. The summed E-state index contributed by atoms with van der Waals surface area (Å²) in [4.78, 5) is 10.9. The molecule has 0 unspecified atom stereocenters. The summed E-state index contributed by atoms with van der Waals surface area (Å²) in [5.41, 5.74) is 0. The van der Waals surface area contributed by atoms with E-state index < -0.39 is 0 Å². The van der Waals surface area contributed by atoms with Crippen LogP contribution in [0.15, 0.2) is 30.6 Å². The zero-order valence-electron chi connectivity index (χ0n) is 15.1. The molecule has 0 bridgehead atoms. The second kappa shape index (κ2) is 9.10. The van der Waals surface area contributed by atoms with Crippen molar-refractivity contribution >= 4 is 5.82 Å². The van der Waals surface area contributed by atoms with Crippen molar-refractivity contribution in [3.63, 3.8) is 0 Å². The SMILES string of the molecule is COc1cccc(OC)c1OCCOc1nccnc1N1CCNCC1. The summed E-state index contributed by atoms with van der Waals surface area (Å²) in [5, 5.41) is 3.32. The molecule has 0 amide bonds. The molecule has 1 aromatic heterocycles. The Morgan fingerprint density at radius 3 is 2.31 bits per heavy atom. The van der Waals surface area contributed by atoms with Gasteiger partial charge >= 0.3 is 0 Å². The molecule has 1 aliphatic rings. The molecule has 2 aromatic rings. The number of piperazine rings is 1. The van der Waals surface area contributed by atoms with E-state index in [1.165, 1.54) is 0 Å². The fraction of sp³-hybridized carbons (Fsp3) is 0.444. The van der Waals surface area contributed by atoms with Crippen LogP contribution in [0.5, 0.6) is 23.1 Å². The van der Waals surface area contributed by atoms with Gasteiger partial charge in [-0.3, -0.25) is 0 Å². The van der Waals surface area contributed by atoms with Crippen LogP contribution < -0.4 is 29.2 Å². The Labute approximate surface area is 153 Å². The quantitative estimate of drug-likeness (QED) is 0.707. The van der Waals surface area contributed by atoms with E-state index in [1.54, 1.807) is 26.6 Å². The maximum atomic E-state index is 5.82. The average Bonchev–Trinajstić information content (AvgIpc) is 2.72. The normalized spacial score (nSPS) is 14.0. The summed E-state index contributed by atoms with van der Waals surface area (Å²) in [7, 11) is 3.19. The van der Waals surface area contributed by atoms with Gasteiger partial charge in [-0.1, -0.05) is 6.07 Å². The number of hydrogen-bond acceptors (Lipinski definition) is 8. The lowest BCUT2D eigenvalue weighted by Gasteiger charge is -2.28. The van der Waals surface area contributed by atoms with Gasteiger partial charge in [0.1, 0.15) is 13.2 Å². The second-order valence-corrected chi connectivity index (χ2v) is 5.61. The smallest absolute Gasteiger partial charge is 0.257 e. The monoisotopic (exact) mass is 360 g/mol. The standard InChI is InChI=1S/C18H24N4O4/c1-23-14-4-3-5-15(24-2)16(14)25-12-13-26-18-17(20-6-7-21-18)22-10-8-19-9-11-22/h3-7,19H,8-13H2,1-2H3. The summed E-state index contributed by atoms with van der Waals surface area (Å²) in [6.07, 6.45) is 3.31. The van der Waals surface area contributed by atoms with Crippen molar-refractivity contribution in [3.05, 3.63) is 30.6 Å². The predicted octanol–water partition coefficient (Wildman–Crippen LogP) is 1.36. The van der Waals surface area contributed by atoms with Crippen LogP contribution in [0, 0.1) is 0 Å². The lowest BCUT2D eigenvalue weighted by molar-refractivity contribution is 0.200. The Hall–Kier alpha value is -2.74. The van der Waals surface area contributed by atoms with E-state index in [1.807, 2.05) is 18.2 Å². The highest BCUT2D eigenvalue weighted by Gasteiger charge is 2.17. The Morgan fingerprint density at radius 1 is 0.962 bits per heavy atom. The summed E-state index contributed by atoms with van der Waals surface area (Å²) < 4.78 is 22.3. The number of nitrogens with one attached hydrogen (secondary N) is 1. The largest absolute Gasteiger partial charge is 0.493 e. The topological polar surface area (TPSA) is 78.0 Å². The van der Waals surface area contributed by atoms with Crippen molar-refractivity contribution in [1.82, 2.24) is 15.3 Å². The minimum atomic E-state index is 0.328. The highest BCUT2D eigenvalue weighted by Crippen LogP contribution is 2.36. The van der Waals surface area contributed by atoms with Crippen molar-refractivity contribution in [3.8, 4) is 23.1 Å². The Balaban J connectivity index is 1.59. The Kier molecular flexibility index (Phi) is 6.32. The van der Waals surface area contributed by atoms with Gasteiger partial charge in [0.2, 0.25) is 5.75 Å². The first-order valence-electron chi connectivity index (χ1n) is 8.56. The number of ether oxygens (including phenoxy) is 4. The van der Waals surface area contributed by atoms with Gasteiger partial charge in [-0.2, -0.15) is 0 Å². The third-order valence-corrected chi connectivity index (χ3v) is 4.01. The van der Waals surface area contributed by atoms with Gasteiger partial charge in [-0.15, -0.1) is 0 Å². The van der Waals surface area contributed by atoms with Crippen LogP contribution in [0.2, 0.25) is 0 Å². The van der Waals surface area contributed by atoms with Gasteiger partial charge in [-0.25, -0.2) is 9.97 Å². The first-order chi connectivity index (χ1) is 12.8. The second-order valence-electron chi connectivity index (χ2n) is 5.61. The van der Waals surface area contributed by atoms with E-state index in [0.717, 1.165) is 32.0 Å². The molecular weight excluding hydrogens is 336 g/mol. The maximum absolute atomic E-state index is 5.82. The molecular formula is C18H24N4O4. The predicted molar refractivity (Wildman–Crippen MR) is 97.7 cm³/mol. The number of methoxy groups -OCH3 is 2. The van der Waals surface area contributed by atoms with Crippen LogP contribution in [0.25, 0.3) is 0 Å². The van der Waals surface area contributed by atoms with Gasteiger partial charge in [-0.05, 0) is 12.1 Å². The molecule has 0 atom stereocenters. The van der Waals surface area contributed by atoms with Crippen molar-refractivity contribution in [1.29, 1.82) is 0 Å². The first kappa shape index (κ1) is 18.1. The van der Waals surface area contributed by atoms with E-state index in [2.05, 4.69) is 20.2 Å². The summed E-state index contributed by atoms with van der Waals surface area (Å²) in [5.74, 6) is 3.08.